The highest BCUT2D eigenvalue weighted by Crippen LogP contribution is 2.33. The van der Waals surface area contributed by atoms with Crippen molar-refractivity contribution in [2.24, 2.45) is 11.8 Å². The third-order valence-electron chi connectivity index (χ3n) is 6.23. The Morgan fingerprint density at radius 1 is 1.14 bits per heavy atom. The topological polar surface area (TPSA) is 150 Å². The smallest absolute Gasteiger partial charge is 0.332 e. The van der Waals surface area contributed by atoms with E-state index in [2.05, 4.69) is 10.3 Å². The first-order valence-corrected chi connectivity index (χ1v) is 11.9. The van der Waals surface area contributed by atoms with Crippen molar-refractivity contribution in [2.75, 3.05) is 13.7 Å². The molecule has 1 aromatic carbocycles. The Balaban J connectivity index is 1.56. The molecule has 1 amide bonds. The minimum atomic E-state index is -1.40. The zero-order valence-electron chi connectivity index (χ0n) is 20.4. The lowest BCUT2D eigenvalue weighted by molar-refractivity contribution is -0.175. The molecule has 1 aromatic heterocycles. The molecule has 1 saturated carbocycles. The Morgan fingerprint density at radius 3 is 2.54 bits per heavy atom. The van der Waals surface area contributed by atoms with Gasteiger partial charge in [0.1, 0.15) is 18.6 Å². The van der Waals surface area contributed by atoms with Gasteiger partial charge in [0, 0.05) is 12.3 Å². The largest absolute Gasteiger partial charge is 0.503 e. The van der Waals surface area contributed by atoms with Gasteiger partial charge >= 0.3 is 17.9 Å². The third-order valence-corrected chi connectivity index (χ3v) is 6.23. The summed E-state index contributed by atoms with van der Waals surface area (Å²) in [5, 5.41) is 12.6. The molecule has 1 aliphatic heterocycles. The van der Waals surface area contributed by atoms with Crippen LogP contribution in [0.2, 0.25) is 0 Å². The number of nitrogens with zero attached hydrogens (tertiary/aromatic N) is 1. The van der Waals surface area contributed by atoms with Gasteiger partial charge in [-0.2, -0.15) is 0 Å². The van der Waals surface area contributed by atoms with Gasteiger partial charge in [0.15, 0.2) is 29.3 Å². The zero-order valence-corrected chi connectivity index (χ0v) is 20.4. The number of carbonyl (C=O) groups excluding carboxylic acids is 4. The molecule has 4 atom stereocenters. The molecule has 0 bridgehead atoms. The SMILES string of the molecule is COc1ccnc(C(=O)N[C@H]2COC(=O)[C@H](Cc3ccccc3)[C@@H](OC(=O)C3CC3)[C@H](C)OC2=O)c1O. The van der Waals surface area contributed by atoms with E-state index in [4.69, 9.17) is 18.9 Å². The molecule has 1 aliphatic carbocycles. The molecule has 1 saturated heterocycles. The number of cyclic esters (lactones) is 2. The Labute approximate surface area is 213 Å². The van der Waals surface area contributed by atoms with Crippen molar-refractivity contribution < 1.29 is 43.2 Å². The molecule has 2 heterocycles. The van der Waals surface area contributed by atoms with E-state index in [9.17, 15) is 24.3 Å². The van der Waals surface area contributed by atoms with E-state index in [1.807, 2.05) is 30.3 Å². The third kappa shape index (κ3) is 6.16. The maximum Gasteiger partial charge on any atom is 0.332 e. The lowest BCUT2D eigenvalue weighted by Gasteiger charge is -2.29. The van der Waals surface area contributed by atoms with Crippen molar-refractivity contribution >= 4 is 23.8 Å². The van der Waals surface area contributed by atoms with Crippen LogP contribution in [0.15, 0.2) is 42.6 Å². The fourth-order valence-corrected chi connectivity index (χ4v) is 4.02. The molecule has 11 heteroatoms. The number of rotatable bonds is 7. The molecule has 0 unspecified atom stereocenters. The van der Waals surface area contributed by atoms with E-state index in [0.29, 0.717) is 12.8 Å². The number of benzene rings is 1. The van der Waals surface area contributed by atoms with Crippen LogP contribution in [-0.4, -0.2) is 65.9 Å². The predicted octanol–water partition coefficient (Wildman–Crippen LogP) is 1.56. The van der Waals surface area contributed by atoms with E-state index in [-0.39, 0.29) is 23.8 Å². The second-order valence-electron chi connectivity index (χ2n) is 8.98. The van der Waals surface area contributed by atoms with Gasteiger partial charge in [-0.3, -0.25) is 14.4 Å². The normalized spacial score (nSPS) is 23.9. The van der Waals surface area contributed by atoms with Gasteiger partial charge in [-0.1, -0.05) is 30.3 Å². The first-order chi connectivity index (χ1) is 17.8. The van der Waals surface area contributed by atoms with Gasteiger partial charge < -0.3 is 29.4 Å². The number of methoxy groups -OCH3 is 1. The second-order valence-corrected chi connectivity index (χ2v) is 8.98. The molecule has 2 aromatic rings. The van der Waals surface area contributed by atoms with Crippen molar-refractivity contribution in [1.29, 1.82) is 0 Å². The minimum Gasteiger partial charge on any atom is -0.503 e. The summed E-state index contributed by atoms with van der Waals surface area (Å²) in [5.41, 5.74) is 0.420. The molecule has 4 rings (SSSR count). The minimum absolute atomic E-state index is 0.0151. The van der Waals surface area contributed by atoms with Crippen LogP contribution in [-0.2, 0) is 35.0 Å². The lowest BCUT2D eigenvalue weighted by Crippen LogP contribution is -2.46. The van der Waals surface area contributed by atoms with Crippen molar-refractivity contribution in [3.05, 3.63) is 53.9 Å². The van der Waals surface area contributed by atoms with E-state index < -0.39 is 60.3 Å². The quantitative estimate of drug-likeness (QED) is 0.413. The van der Waals surface area contributed by atoms with Crippen LogP contribution < -0.4 is 10.1 Å². The summed E-state index contributed by atoms with van der Waals surface area (Å²) in [5.74, 6) is -4.65. The second kappa shape index (κ2) is 11.3. The van der Waals surface area contributed by atoms with Crippen LogP contribution >= 0.6 is 0 Å². The van der Waals surface area contributed by atoms with Crippen LogP contribution in [0.25, 0.3) is 0 Å². The van der Waals surface area contributed by atoms with Gasteiger partial charge in [-0.05, 0) is 31.7 Å². The average molecular weight is 513 g/mol. The Bertz CT molecular complexity index is 1170. The number of hydrogen-bond donors (Lipinski definition) is 2. The van der Waals surface area contributed by atoms with Gasteiger partial charge in [-0.15, -0.1) is 0 Å². The zero-order chi connectivity index (χ0) is 26.5. The van der Waals surface area contributed by atoms with Crippen LogP contribution in [0.4, 0.5) is 0 Å². The summed E-state index contributed by atoms with van der Waals surface area (Å²) in [6, 6.07) is 9.08. The van der Waals surface area contributed by atoms with Crippen molar-refractivity contribution in [3.8, 4) is 11.5 Å². The number of hydrogen-bond acceptors (Lipinski definition) is 10. The molecule has 0 radical (unpaired) electrons. The first kappa shape index (κ1) is 25.9. The molecule has 11 nitrogen and oxygen atoms in total. The maximum absolute atomic E-state index is 13.2. The lowest BCUT2D eigenvalue weighted by atomic mass is 9.91. The van der Waals surface area contributed by atoms with Crippen molar-refractivity contribution in [1.82, 2.24) is 10.3 Å². The van der Waals surface area contributed by atoms with E-state index in [1.165, 1.54) is 26.3 Å². The number of carbonyl (C=O) groups is 4. The first-order valence-electron chi connectivity index (χ1n) is 11.9. The summed E-state index contributed by atoms with van der Waals surface area (Å²) in [7, 11) is 1.31. The summed E-state index contributed by atoms with van der Waals surface area (Å²) in [6.45, 7) is 0.989. The molecular formula is C26H28N2O9. The fraction of sp³-hybridized carbons (Fsp3) is 0.423. The van der Waals surface area contributed by atoms with E-state index >= 15 is 0 Å². The van der Waals surface area contributed by atoms with Gasteiger partial charge in [0.2, 0.25) is 0 Å². The van der Waals surface area contributed by atoms with Gasteiger partial charge in [0.05, 0.1) is 13.0 Å². The summed E-state index contributed by atoms with van der Waals surface area (Å²) in [4.78, 5) is 55.4. The standard InChI is InChI=1S/C26H28N2O9/c1-14-22(37-24(31)16-8-9-16)17(12-15-6-4-3-5-7-15)25(32)35-13-18(26(33)36-14)28-23(30)20-21(29)19(34-2)10-11-27-20/h3-7,10-11,14,16-18,22,29H,8-9,12-13H2,1-2H3,(H,28,30)/t14-,17+,18-,22-/m0/s1. The molecule has 37 heavy (non-hydrogen) atoms. The van der Waals surface area contributed by atoms with Crippen molar-refractivity contribution in [3.63, 3.8) is 0 Å². The fourth-order valence-electron chi connectivity index (χ4n) is 4.02. The van der Waals surface area contributed by atoms with Gasteiger partial charge in [-0.25, -0.2) is 9.78 Å². The number of aromatic nitrogens is 1. The highest BCUT2D eigenvalue weighted by molar-refractivity contribution is 5.98. The molecule has 2 aliphatic rings. The van der Waals surface area contributed by atoms with Crippen LogP contribution in [0.3, 0.4) is 0 Å². The number of amides is 1. The summed E-state index contributed by atoms with van der Waals surface area (Å²) in [6.07, 6.45) is 0.729. The molecule has 2 N–H and O–H groups in total. The van der Waals surface area contributed by atoms with Crippen LogP contribution in [0.1, 0.15) is 35.8 Å². The van der Waals surface area contributed by atoms with E-state index in [1.54, 1.807) is 0 Å². The number of ether oxygens (including phenoxy) is 4. The number of aromatic hydroxyl groups is 1. The van der Waals surface area contributed by atoms with E-state index in [0.717, 1.165) is 5.56 Å². The number of pyridine rings is 1. The number of esters is 3. The Morgan fingerprint density at radius 2 is 1.86 bits per heavy atom. The molecule has 2 fully saturated rings. The van der Waals surface area contributed by atoms with Crippen LogP contribution in [0, 0.1) is 11.8 Å². The molecule has 0 spiro atoms. The summed E-state index contributed by atoms with van der Waals surface area (Å²) >= 11 is 0. The monoisotopic (exact) mass is 512 g/mol. The maximum atomic E-state index is 13.2. The Kier molecular flexibility index (Phi) is 7.90. The highest BCUT2D eigenvalue weighted by atomic mass is 16.6. The van der Waals surface area contributed by atoms with Crippen molar-refractivity contribution in [2.45, 2.75) is 44.4 Å². The van der Waals surface area contributed by atoms with Gasteiger partial charge in [0.25, 0.3) is 5.91 Å². The average Bonchev–Trinajstić information content (AvgIpc) is 3.74. The number of nitrogens with one attached hydrogen (secondary N) is 1. The predicted molar refractivity (Wildman–Crippen MR) is 126 cm³/mol. The molecular weight excluding hydrogens is 484 g/mol. The Hall–Kier alpha value is -4.15. The molecule has 196 valence electrons. The van der Waals surface area contributed by atoms with Crippen LogP contribution in [0.5, 0.6) is 11.5 Å². The summed E-state index contributed by atoms with van der Waals surface area (Å²) < 4.78 is 21.6. The highest BCUT2D eigenvalue weighted by Gasteiger charge is 2.44.